The zero-order valence-electron chi connectivity index (χ0n) is 18.0. The zero-order valence-corrected chi connectivity index (χ0v) is 19.5. The van der Waals surface area contributed by atoms with Crippen LogP contribution in [0.4, 0.5) is 45.2 Å². The lowest BCUT2D eigenvalue weighted by Crippen LogP contribution is -2.43. The van der Waals surface area contributed by atoms with Gasteiger partial charge >= 0.3 is 18.5 Å². The van der Waals surface area contributed by atoms with Gasteiger partial charge in [0, 0.05) is 29.0 Å². The predicted molar refractivity (Wildman–Crippen MR) is 115 cm³/mol. The van der Waals surface area contributed by atoms with Crippen molar-refractivity contribution in [3.63, 3.8) is 0 Å². The van der Waals surface area contributed by atoms with Gasteiger partial charge < -0.3 is 4.84 Å². The zero-order chi connectivity index (χ0) is 27.8. The number of alkyl halides is 9. The van der Waals surface area contributed by atoms with E-state index >= 15 is 0 Å². The molecule has 1 amide bonds. The molecule has 5 nitrogen and oxygen atoms in total. The van der Waals surface area contributed by atoms with Crippen molar-refractivity contribution < 1.29 is 49.1 Å². The van der Waals surface area contributed by atoms with E-state index in [4.69, 9.17) is 28.0 Å². The van der Waals surface area contributed by atoms with Crippen LogP contribution in [0, 0.1) is 0 Å². The lowest BCUT2D eigenvalue weighted by Gasteiger charge is -2.30. The van der Waals surface area contributed by atoms with Gasteiger partial charge in [-0.25, -0.2) is 0 Å². The Kier molecular flexibility index (Phi) is 7.85. The number of nitrogens with zero attached hydrogens (tertiary/aromatic N) is 1. The number of hydrogen-bond acceptors (Lipinski definition) is 4. The maximum Gasteiger partial charge on any atom is 0.435 e. The van der Waals surface area contributed by atoms with Crippen LogP contribution in [0.3, 0.4) is 0 Å². The van der Waals surface area contributed by atoms with Gasteiger partial charge in [-0.1, -0.05) is 34.4 Å². The summed E-state index contributed by atoms with van der Waals surface area (Å²) in [4.78, 5) is 16.3. The molecule has 0 spiro atoms. The second-order valence-electron chi connectivity index (χ2n) is 7.84. The van der Waals surface area contributed by atoms with E-state index in [9.17, 15) is 44.3 Å². The number of hydrogen-bond donors (Lipinski definition) is 2. The largest absolute Gasteiger partial charge is 0.435 e. The maximum atomic E-state index is 14.2. The van der Waals surface area contributed by atoms with Crippen LogP contribution in [0.1, 0.15) is 36.0 Å². The Bertz CT molecular complexity index is 1210. The standard InChI is InChI=1S/C21H14Cl2F9N3O2/c22-13-7-11(6-12(8-13)20(27,28)29)18(21(30,31)32)9-16(35-37-18)10-1-2-14(23)15(5-10)33-34-17(36)3-4-19(24,25)26/h1-2,5-8,33H,3-4,9H2,(H,34,36). The number of halogens is 11. The molecule has 2 aromatic rings. The average molecular weight is 582 g/mol. The quantitative estimate of drug-likeness (QED) is 0.276. The van der Waals surface area contributed by atoms with Gasteiger partial charge in [0.05, 0.1) is 28.4 Å². The summed E-state index contributed by atoms with van der Waals surface area (Å²) >= 11 is 11.6. The van der Waals surface area contributed by atoms with E-state index in [1.807, 2.05) is 5.43 Å². The number of carbonyl (C=O) groups is 1. The molecule has 1 unspecified atom stereocenters. The number of anilines is 1. The van der Waals surface area contributed by atoms with E-state index in [2.05, 4.69) is 10.6 Å². The minimum absolute atomic E-state index is 0.0272. The van der Waals surface area contributed by atoms with Crippen molar-refractivity contribution in [3.05, 3.63) is 63.1 Å². The summed E-state index contributed by atoms with van der Waals surface area (Å²) in [5.74, 6) is -1.04. The summed E-state index contributed by atoms with van der Waals surface area (Å²) in [6, 6.07) is 4.97. The molecule has 0 radical (unpaired) electrons. The first-order valence-electron chi connectivity index (χ1n) is 10.0. The molecule has 0 fully saturated rings. The number of amides is 1. The normalized spacial score (nSPS) is 18.3. The van der Waals surface area contributed by atoms with E-state index in [1.54, 1.807) is 0 Å². The van der Waals surface area contributed by atoms with Crippen molar-refractivity contribution in [1.29, 1.82) is 0 Å². The van der Waals surface area contributed by atoms with Crippen LogP contribution >= 0.6 is 23.2 Å². The summed E-state index contributed by atoms with van der Waals surface area (Å²) in [5, 5.41) is 2.77. The average Bonchev–Trinajstić information content (AvgIpc) is 3.23. The Hall–Kier alpha value is -2.87. The van der Waals surface area contributed by atoms with Gasteiger partial charge in [0.15, 0.2) is 0 Å². The molecule has 16 heteroatoms. The molecule has 1 atom stereocenters. The highest BCUT2D eigenvalue weighted by Crippen LogP contribution is 2.50. The molecule has 2 N–H and O–H groups in total. The lowest BCUT2D eigenvalue weighted by molar-refractivity contribution is -0.276. The Balaban J connectivity index is 1.87. The van der Waals surface area contributed by atoms with Crippen molar-refractivity contribution in [2.75, 3.05) is 5.43 Å². The topological polar surface area (TPSA) is 62.7 Å². The van der Waals surface area contributed by atoms with Crippen LogP contribution in [0.25, 0.3) is 0 Å². The van der Waals surface area contributed by atoms with Crippen molar-refractivity contribution in [1.82, 2.24) is 5.43 Å². The van der Waals surface area contributed by atoms with E-state index in [1.165, 1.54) is 12.1 Å². The minimum atomic E-state index is -5.23. The third-order valence-corrected chi connectivity index (χ3v) is 5.70. The molecule has 1 heterocycles. The Morgan fingerprint density at radius 2 is 1.68 bits per heavy atom. The molecule has 1 aliphatic rings. The van der Waals surface area contributed by atoms with E-state index in [-0.39, 0.29) is 28.1 Å². The molecule has 202 valence electrons. The molecule has 0 saturated carbocycles. The lowest BCUT2D eigenvalue weighted by atomic mass is 9.85. The number of carbonyl (C=O) groups excluding carboxylic acids is 1. The number of benzene rings is 2. The summed E-state index contributed by atoms with van der Waals surface area (Å²) in [6.07, 6.45) is -18.1. The Labute approximate surface area is 212 Å². The Morgan fingerprint density at radius 3 is 2.27 bits per heavy atom. The molecule has 0 bridgehead atoms. The van der Waals surface area contributed by atoms with Crippen molar-refractivity contribution in [3.8, 4) is 0 Å². The number of nitrogens with one attached hydrogen (secondary N) is 2. The summed E-state index contributed by atoms with van der Waals surface area (Å²) < 4.78 is 119. The van der Waals surface area contributed by atoms with E-state index in [0.717, 1.165) is 6.07 Å². The summed E-state index contributed by atoms with van der Waals surface area (Å²) in [5.41, 5.74) is -1.87. The molecule has 1 aliphatic heterocycles. The van der Waals surface area contributed by atoms with Crippen LogP contribution in [-0.2, 0) is 21.4 Å². The fourth-order valence-electron chi connectivity index (χ4n) is 3.30. The minimum Gasteiger partial charge on any atom is -0.374 e. The van der Waals surface area contributed by atoms with Crippen molar-refractivity contribution in [2.45, 2.75) is 43.4 Å². The van der Waals surface area contributed by atoms with Gasteiger partial charge in [0.2, 0.25) is 5.91 Å². The van der Waals surface area contributed by atoms with E-state index in [0.29, 0.717) is 12.1 Å². The fraction of sp³-hybridized carbons (Fsp3) is 0.333. The van der Waals surface area contributed by atoms with Gasteiger partial charge in [0.1, 0.15) is 0 Å². The van der Waals surface area contributed by atoms with Crippen LogP contribution in [-0.4, -0.2) is 24.0 Å². The van der Waals surface area contributed by atoms with Gasteiger partial charge in [-0.2, -0.15) is 39.5 Å². The van der Waals surface area contributed by atoms with Gasteiger partial charge in [-0.15, -0.1) is 0 Å². The molecular weight excluding hydrogens is 568 g/mol. The van der Waals surface area contributed by atoms with Crippen LogP contribution in [0.2, 0.25) is 10.0 Å². The third-order valence-electron chi connectivity index (χ3n) is 5.15. The number of hydrazine groups is 1. The van der Waals surface area contributed by atoms with Crippen molar-refractivity contribution >= 4 is 40.5 Å². The summed E-state index contributed by atoms with van der Waals surface area (Å²) in [6.45, 7) is 0. The molecule has 2 aromatic carbocycles. The molecule has 0 saturated heterocycles. The number of oxime groups is 1. The van der Waals surface area contributed by atoms with Crippen LogP contribution in [0.5, 0.6) is 0 Å². The Morgan fingerprint density at radius 1 is 1.00 bits per heavy atom. The first-order chi connectivity index (χ1) is 16.9. The fourth-order valence-corrected chi connectivity index (χ4v) is 3.70. The van der Waals surface area contributed by atoms with Gasteiger partial charge in [-0.05, 0) is 30.3 Å². The summed E-state index contributed by atoms with van der Waals surface area (Å²) in [7, 11) is 0. The smallest absolute Gasteiger partial charge is 0.374 e. The molecule has 0 aromatic heterocycles. The highest BCUT2D eigenvalue weighted by Gasteiger charge is 2.62. The number of rotatable bonds is 6. The second kappa shape index (κ2) is 10.1. The van der Waals surface area contributed by atoms with Crippen molar-refractivity contribution in [2.24, 2.45) is 5.16 Å². The monoisotopic (exact) mass is 581 g/mol. The molecule has 37 heavy (non-hydrogen) atoms. The third kappa shape index (κ3) is 6.72. The van der Waals surface area contributed by atoms with Gasteiger partial charge in [-0.3, -0.25) is 15.6 Å². The SMILES string of the molecule is O=C(CCC(F)(F)F)NNc1cc(C2=NOC(c3cc(Cl)cc(C(F)(F)F)c3)(C(F)(F)F)C2)ccc1Cl. The predicted octanol–water partition coefficient (Wildman–Crippen LogP) is 7.38. The molecule has 3 rings (SSSR count). The maximum absolute atomic E-state index is 14.2. The highest BCUT2D eigenvalue weighted by molar-refractivity contribution is 6.33. The van der Waals surface area contributed by atoms with Crippen LogP contribution < -0.4 is 10.9 Å². The van der Waals surface area contributed by atoms with Gasteiger partial charge in [0.25, 0.3) is 5.60 Å². The first kappa shape index (κ1) is 28.7. The second-order valence-corrected chi connectivity index (χ2v) is 8.68. The highest BCUT2D eigenvalue weighted by atomic mass is 35.5. The van der Waals surface area contributed by atoms with E-state index < -0.39 is 65.4 Å². The molecular formula is C21H14Cl2F9N3O2. The first-order valence-corrected chi connectivity index (χ1v) is 10.8. The molecule has 0 aliphatic carbocycles. The van der Waals surface area contributed by atoms with Crippen LogP contribution in [0.15, 0.2) is 41.6 Å².